The molecule has 180 valence electrons. The van der Waals surface area contributed by atoms with Crippen LogP contribution in [0, 0.1) is 0 Å². The van der Waals surface area contributed by atoms with Crippen molar-refractivity contribution in [3.8, 4) is 17.2 Å². The van der Waals surface area contributed by atoms with E-state index >= 15 is 0 Å². The number of benzene rings is 3. The SMILES string of the molecule is COc1ccc(CCNC(=O)c2ccc(Cl)cc2NS(=O)(=O)c2ccc(OC)cc2OC)cc1. The number of carbonyl (C=O) groups is 1. The van der Waals surface area contributed by atoms with Gasteiger partial charge in [0.2, 0.25) is 0 Å². The lowest BCUT2D eigenvalue weighted by Crippen LogP contribution is -2.27. The van der Waals surface area contributed by atoms with E-state index in [1.807, 2.05) is 24.3 Å². The lowest BCUT2D eigenvalue weighted by Gasteiger charge is -2.15. The maximum atomic E-state index is 13.1. The van der Waals surface area contributed by atoms with Gasteiger partial charge in [0, 0.05) is 17.6 Å². The van der Waals surface area contributed by atoms with Crippen LogP contribution in [-0.2, 0) is 16.4 Å². The second-order valence-corrected chi connectivity index (χ2v) is 9.25. The van der Waals surface area contributed by atoms with Crippen molar-refractivity contribution in [1.29, 1.82) is 0 Å². The topological polar surface area (TPSA) is 103 Å². The first-order valence-electron chi connectivity index (χ1n) is 10.2. The minimum absolute atomic E-state index is 0.0484. The maximum absolute atomic E-state index is 13.1. The fraction of sp³-hybridized carbons (Fsp3) is 0.208. The van der Waals surface area contributed by atoms with Crippen molar-refractivity contribution in [3.63, 3.8) is 0 Å². The highest BCUT2D eigenvalue weighted by molar-refractivity contribution is 7.92. The monoisotopic (exact) mass is 504 g/mol. The number of hydrogen-bond acceptors (Lipinski definition) is 6. The summed E-state index contributed by atoms with van der Waals surface area (Å²) in [6.45, 7) is 0.353. The molecule has 2 N–H and O–H groups in total. The summed E-state index contributed by atoms with van der Waals surface area (Å²) in [5.74, 6) is 0.846. The van der Waals surface area contributed by atoms with E-state index in [1.54, 1.807) is 7.11 Å². The minimum atomic E-state index is -4.11. The highest BCUT2D eigenvalue weighted by Crippen LogP contribution is 2.31. The Kier molecular flexibility index (Phi) is 8.25. The van der Waals surface area contributed by atoms with Gasteiger partial charge in [-0.15, -0.1) is 0 Å². The Labute approximate surface area is 203 Å². The fourth-order valence-corrected chi connectivity index (χ4v) is 4.60. The number of amides is 1. The summed E-state index contributed by atoms with van der Waals surface area (Å²) in [7, 11) is 0.311. The average molecular weight is 505 g/mol. The molecule has 34 heavy (non-hydrogen) atoms. The van der Waals surface area contributed by atoms with Gasteiger partial charge < -0.3 is 19.5 Å². The number of anilines is 1. The van der Waals surface area contributed by atoms with Crippen LogP contribution in [-0.4, -0.2) is 42.2 Å². The zero-order chi connectivity index (χ0) is 24.7. The first-order valence-corrected chi connectivity index (χ1v) is 12.1. The second kappa shape index (κ2) is 11.1. The second-order valence-electron chi connectivity index (χ2n) is 7.17. The molecular weight excluding hydrogens is 480 g/mol. The summed E-state index contributed by atoms with van der Waals surface area (Å²) in [6.07, 6.45) is 0.591. The molecule has 0 saturated heterocycles. The van der Waals surface area contributed by atoms with Gasteiger partial charge in [-0.05, 0) is 54.4 Å². The van der Waals surface area contributed by atoms with E-state index in [2.05, 4.69) is 10.0 Å². The molecule has 0 saturated carbocycles. The van der Waals surface area contributed by atoms with Gasteiger partial charge in [0.25, 0.3) is 15.9 Å². The maximum Gasteiger partial charge on any atom is 0.265 e. The van der Waals surface area contributed by atoms with Crippen LogP contribution in [0.2, 0.25) is 5.02 Å². The summed E-state index contributed by atoms with van der Waals surface area (Å²) in [5, 5.41) is 3.08. The van der Waals surface area contributed by atoms with Gasteiger partial charge in [0.15, 0.2) is 0 Å². The summed E-state index contributed by atoms with van der Waals surface area (Å²) >= 11 is 6.09. The van der Waals surface area contributed by atoms with E-state index < -0.39 is 15.9 Å². The van der Waals surface area contributed by atoms with E-state index in [1.165, 1.54) is 50.6 Å². The molecule has 8 nitrogen and oxygen atoms in total. The van der Waals surface area contributed by atoms with Crippen LogP contribution in [0.5, 0.6) is 17.2 Å². The van der Waals surface area contributed by atoms with E-state index in [0.717, 1.165) is 11.3 Å². The largest absolute Gasteiger partial charge is 0.497 e. The highest BCUT2D eigenvalue weighted by Gasteiger charge is 2.23. The minimum Gasteiger partial charge on any atom is -0.497 e. The van der Waals surface area contributed by atoms with Gasteiger partial charge >= 0.3 is 0 Å². The zero-order valence-corrected chi connectivity index (χ0v) is 20.5. The molecule has 0 aliphatic heterocycles. The van der Waals surface area contributed by atoms with Crippen LogP contribution in [0.1, 0.15) is 15.9 Å². The van der Waals surface area contributed by atoms with Crippen molar-refractivity contribution in [3.05, 3.63) is 76.8 Å². The normalized spacial score (nSPS) is 10.9. The molecule has 0 radical (unpaired) electrons. The molecule has 0 fully saturated rings. The Morgan fingerprint density at radius 3 is 2.21 bits per heavy atom. The molecule has 0 unspecified atom stereocenters. The van der Waals surface area contributed by atoms with Gasteiger partial charge in [-0.25, -0.2) is 8.42 Å². The molecular formula is C24H25ClN2O6S. The molecule has 10 heteroatoms. The number of sulfonamides is 1. The average Bonchev–Trinajstić information content (AvgIpc) is 2.83. The summed E-state index contributed by atoms with van der Waals surface area (Å²) < 4.78 is 44.1. The smallest absolute Gasteiger partial charge is 0.265 e. The molecule has 3 aromatic carbocycles. The molecule has 0 aromatic heterocycles. The van der Waals surface area contributed by atoms with Crippen molar-refractivity contribution in [2.24, 2.45) is 0 Å². The van der Waals surface area contributed by atoms with Crippen LogP contribution in [0.25, 0.3) is 0 Å². The highest BCUT2D eigenvalue weighted by atomic mass is 35.5. The van der Waals surface area contributed by atoms with Gasteiger partial charge in [0.1, 0.15) is 22.1 Å². The quantitative estimate of drug-likeness (QED) is 0.430. The Balaban J connectivity index is 1.78. The summed E-state index contributed by atoms with van der Waals surface area (Å²) in [6, 6.07) is 16.2. The van der Waals surface area contributed by atoms with Crippen molar-refractivity contribution in [2.45, 2.75) is 11.3 Å². The van der Waals surface area contributed by atoms with E-state index in [9.17, 15) is 13.2 Å². The zero-order valence-electron chi connectivity index (χ0n) is 18.9. The molecule has 3 aromatic rings. The van der Waals surface area contributed by atoms with Gasteiger partial charge in [-0.1, -0.05) is 23.7 Å². The molecule has 0 aliphatic rings. The summed E-state index contributed by atoms with van der Waals surface area (Å²) in [5.41, 5.74) is 1.20. The Morgan fingerprint density at radius 2 is 1.56 bits per heavy atom. The predicted molar refractivity (Wildman–Crippen MR) is 131 cm³/mol. The van der Waals surface area contributed by atoms with Crippen LogP contribution in [0.15, 0.2) is 65.6 Å². The molecule has 0 spiro atoms. The number of ether oxygens (including phenoxy) is 3. The Bertz CT molecular complexity index is 1260. The van der Waals surface area contributed by atoms with E-state index in [-0.39, 0.29) is 26.9 Å². The summed E-state index contributed by atoms with van der Waals surface area (Å²) in [4.78, 5) is 12.7. The van der Waals surface area contributed by atoms with Crippen molar-refractivity contribution in [2.75, 3.05) is 32.6 Å². The van der Waals surface area contributed by atoms with Crippen LogP contribution in [0.4, 0.5) is 5.69 Å². The van der Waals surface area contributed by atoms with Crippen molar-refractivity contribution >= 4 is 33.2 Å². The first-order chi connectivity index (χ1) is 16.3. The number of methoxy groups -OCH3 is 3. The number of nitrogens with one attached hydrogen (secondary N) is 2. The van der Waals surface area contributed by atoms with Gasteiger partial charge in [-0.2, -0.15) is 0 Å². The lowest BCUT2D eigenvalue weighted by atomic mass is 10.1. The third-order valence-corrected chi connectivity index (χ3v) is 6.63. The molecule has 3 rings (SSSR count). The van der Waals surface area contributed by atoms with Gasteiger partial charge in [0.05, 0.1) is 32.6 Å². The molecule has 1 amide bonds. The Morgan fingerprint density at radius 1 is 0.882 bits per heavy atom. The number of carbonyl (C=O) groups excluding carboxylic acids is 1. The third-order valence-electron chi connectivity index (χ3n) is 4.99. The molecule has 0 heterocycles. The standard InChI is InChI=1S/C24H25ClN2O6S/c1-31-18-7-4-16(5-8-18)12-13-26-24(28)20-10-6-17(25)14-21(20)27-34(29,30)23-11-9-19(32-2)15-22(23)33-3/h4-11,14-15,27H,12-13H2,1-3H3,(H,26,28). The molecule has 0 aliphatic carbocycles. The predicted octanol–water partition coefficient (Wildman–Crippen LogP) is 4.14. The van der Waals surface area contributed by atoms with Gasteiger partial charge in [-0.3, -0.25) is 9.52 Å². The van der Waals surface area contributed by atoms with E-state index in [4.69, 9.17) is 25.8 Å². The van der Waals surface area contributed by atoms with Crippen LogP contribution >= 0.6 is 11.6 Å². The number of rotatable bonds is 10. The van der Waals surface area contributed by atoms with Crippen molar-refractivity contribution in [1.82, 2.24) is 5.32 Å². The molecule has 0 atom stereocenters. The number of hydrogen-bond donors (Lipinski definition) is 2. The van der Waals surface area contributed by atoms with Crippen LogP contribution in [0.3, 0.4) is 0 Å². The third kappa shape index (κ3) is 6.12. The van der Waals surface area contributed by atoms with Crippen LogP contribution < -0.4 is 24.2 Å². The van der Waals surface area contributed by atoms with E-state index in [0.29, 0.717) is 18.7 Å². The molecule has 0 bridgehead atoms. The number of halogens is 1. The first kappa shape index (κ1) is 25.2. The lowest BCUT2D eigenvalue weighted by molar-refractivity contribution is 0.0955. The van der Waals surface area contributed by atoms with Crippen molar-refractivity contribution < 1.29 is 27.4 Å². The Hall–Kier alpha value is -3.43. The fourth-order valence-electron chi connectivity index (χ4n) is 3.20.